The first-order valence-corrected chi connectivity index (χ1v) is 8.53. The zero-order valence-electron chi connectivity index (χ0n) is 11.6. The fraction of sp³-hybridized carbons (Fsp3) is 0.571. The van der Waals surface area contributed by atoms with Crippen molar-refractivity contribution in [1.29, 1.82) is 0 Å². The molecule has 0 radical (unpaired) electrons. The average Bonchev–Trinajstić information content (AvgIpc) is 2.41. The smallest absolute Gasteiger partial charge is 0.175 e. The Hall–Kier alpha value is -0.390. The summed E-state index contributed by atoms with van der Waals surface area (Å²) in [4.78, 5) is 0. The lowest BCUT2D eigenvalue weighted by Gasteiger charge is -2.15. The maximum Gasteiger partial charge on any atom is 0.175 e. The highest BCUT2D eigenvalue weighted by Crippen LogP contribution is 2.37. The molecule has 0 heterocycles. The molecule has 0 aliphatic heterocycles. The molecule has 5 heteroatoms. The Morgan fingerprint density at radius 3 is 2.68 bits per heavy atom. The van der Waals surface area contributed by atoms with E-state index in [0.717, 1.165) is 39.5 Å². The van der Waals surface area contributed by atoms with Crippen LogP contribution in [0, 0.1) is 0 Å². The highest BCUT2D eigenvalue weighted by atomic mass is 79.9. The molecule has 0 unspecified atom stereocenters. The van der Waals surface area contributed by atoms with Gasteiger partial charge in [0.1, 0.15) is 0 Å². The van der Waals surface area contributed by atoms with Crippen LogP contribution < -0.4 is 15.2 Å². The molecule has 0 saturated heterocycles. The number of ether oxygens (including phenoxy) is 2. The zero-order valence-corrected chi connectivity index (χ0v) is 14.0. The fourth-order valence-corrected chi connectivity index (χ4v) is 2.84. The number of thioether (sulfide) groups is 1. The van der Waals surface area contributed by atoms with Gasteiger partial charge in [-0.15, -0.1) is 0 Å². The van der Waals surface area contributed by atoms with Gasteiger partial charge in [-0.05, 0) is 58.5 Å². The van der Waals surface area contributed by atoms with Crippen molar-refractivity contribution in [2.45, 2.75) is 26.8 Å². The average molecular weight is 348 g/mol. The van der Waals surface area contributed by atoms with Crippen LogP contribution >= 0.6 is 27.7 Å². The van der Waals surface area contributed by atoms with E-state index in [0.29, 0.717) is 19.8 Å². The third-order valence-corrected chi connectivity index (χ3v) is 4.06. The number of hydrogen-bond donors (Lipinski definition) is 1. The molecule has 0 saturated carbocycles. The van der Waals surface area contributed by atoms with Gasteiger partial charge >= 0.3 is 0 Å². The SMILES string of the molecule is CCOc1cc(CN)cc(Br)c1OCCCSCC. The van der Waals surface area contributed by atoms with Gasteiger partial charge in [0.15, 0.2) is 11.5 Å². The number of rotatable bonds is 9. The Labute approximate surface area is 128 Å². The molecule has 0 spiro atoms. The third-order valence-electron chi connectivity index (χ3n) is 2.49. The minimum absolute atomic E-state index is 0.492. The highest BCUT2D eigenvalue weighted by molar-refractivity contribution is 9.10. The van der Waals surface area contributed by atoms with Crippen LogP contribution in [0.4, 0.5) is 0 Å². The van der Waals surface area contributed by atoms with Crippen molar-refractivity contribution in [2.24, 2.45) is 5.73 Å². The van der Waals surface area contributed by atoms with Crippen molar-refractivity contribution in [1.82, 2.24) is 0 Å². The van der Waals surface area contributed by atoms with Crippen LogP contribution in [0.2, 0.25) is 0 Å². The van der Waals surface area contributed by atoms with E-state index in [9.17, 15) is 0 Å². The summed E-state index contributed by atoms with van der Waals surface area (Å²) in [7, 11) is 0. The van der Waals surface area contributed by atoms with Crippen molar-refractivity contribution in [3.05, 3.63) is 22.2 Å². The predicted molar refractivity (Wildman–Crippen MR) is 86.3 cm³/mol. The van der Waals surface area contributed by atoms with E-state index < -0.39 is 0 Å². The van der Waals surface area contributed by atoms with Gasteiger partial charge in [-0.1, -0.05) is 6.92 Å². The summed E-state index contributed by atoms with van der Waals surface area (Å²) in [6.07, 6.45) is 1.04. The van der Waals surface area contributed by atoms with Gasteiger partial charge in [0, 0.05) is 6.54 Å². The normalized spacial score (nSPS) is 10.5. The zero-order chi connectivity index (χ0) is 14.1. The first kappa shape index (κ1) is 16.7. The molecular formula is C14H22BrNO2S. The Kier molecular flexibility index (Phi) is 8.34. The largest absolute Gasteiger partial charge is 0.490 e. The van der Waals surface area contributed by atoms with Crippen LogP contribution in [0.25, 0.3) is 0 Å². The number of benzene rings is 1. The molecular weight excluding hydrogens is 326 g/mol. The van der Waals surface area contributed by atoms with E-state index in [1.54, 1.807) is 0 Å². The first-order chi connectivity index (χ1) is 9.22. The van der Waals surface area contributed by atoms with Crippen LogP contribution in [0.15, 0.2) is 16.6 Å². The molecule has 0 aromatic heterocycles. The Balaban J connectivity index is 2.68. The monoisotopic (exact) mass is 347 g/mol. The second-order valence-electron chi connectivity index (χ2n) is 3.94. The molecule has 1 rings (SSSR count). The Morgan fingerprint density at radius 2 is 2.05 bits per heavy atom. The van der Waals surface area contributed by atoms with Crippen molar-refractivity contribution in [3.63, 3.8) is 0 Å². The number of hydrogen-bond acceptors (Lipinski definition) is 4. The standard InChI is InChI=1S/C14H22BrNO2S/c1-3-17-13-9-11(10-16)8-12(15)14(13)18-6-5-7-19-4-2/h8-9H,3-7,10,16H2,1-2H3. The third kappa shape index (κ3) is 5.63. The molecule has 19 heavy (non-hydrogen) atoms. The summed E-state index contributed by atoms with van der Waals surface area (Å²) in [6, 6.07) is 3.93. The molecule has 3 nitrogen and oxygen atoms in total. The predicted octanol–water partition coefficient (Wildman–Crippen LogP) is 3.83. The Morgan fingerprint density at radius 1 is 1.26 bits per heavy atom. The molecule has 0 bridgehead atoms. The quantitative estimate of drug-likeness (QED) is 0.689. The number of nitrogens with two attached hydrogens (primary N) is 1. The molecule has 0 fully saturated rings. The first-order valence-electron chi connectivity index (χ1n) is 6.58. The van der Waals surface area contributed by atoms with Gasteiger partial charge in [-0.25, -0.2) is 0 Å². The Bertz CT molecular complexity index is 388. The lowest BCUT2D eigenvalue weighted by Crippen LogP contribution is -2.04. The van der Waals surface area contributed by atoms with Gasteiger partial charge < -0.3 is 15.2 Å². The topological polar surface area (TPSA) is 44.5 Å². The molecule has 1 aromatic carbocycles. The van der Waals surface area contributed by atoms with Crippen LogP contribution in [0.3, 0.4) is 0 Å². The van der Waals surface area contributed by atoms with Gasteiger partial charge in [0.05, 0.1) is 17.7 Å². The van der Waals surface area contributed by atoms with Gasteiger partial charge in [0.25, 0.3) is 0 Å². The summed E-state index contributed by atoms with van der Waals surface area (Å²) in [6.45, 7) is 5.94. The van der Waals surface area contributed by atoms with E-state index in [1.807, 2.05) is 30.8 Å². The lowest BCUT2D eigenvalue weighted by atomic mass is 10.2. The summed E-state index contributed by atoms with van der Waals surface area (Å²) in [5, 5.41) is 0. The van der Waals surface area contributed by atoms with Crippen molar-refractivity contribution in [2.75, 3.05) is 24.7 Å². The van der Waals surface area contributed by atoms with Crippen molar-refractivity contribution in [3.8, 4) is 11.5 Å². The summed E-state index contributed by atoms with van der Waals surface area (Å²) in [5.41, 5.74) is 6.70. The fourth-order valence-electron chi connectivity index (χ4n) is 1.62. The highest BCUT2D eigenvalue weighted by Gasteiger charge is 2.11. The maximum absolute atomic E-state index is 5.84. The maximum atomic E-state index is 5.84. The van der Waals surface area contributed by atoms with Crippen LogP contribution in [0.1, 0.15) is 25.8 Å². The minimum Gasteiger partial charge on any atom is -0.490 e. The van der Waals surface area contributed by atoms with E-state index in [1.165, 1.54) is 0 Å². The summed E-state index contributed by atoms with van der Waals surface area (Å²) < 4.78 is 12.4. The second-order valence-corrected chi connectivity index (χ2v) is 6.19. The molecule has 2 N–H and O–H groups in total. The van der Waals surface area contributed by atoms with Crippen molar-refractivity contribution >= 4 is 27.7 Å². The van der Waals surface area contributed by atoms with Crippen LogP contribution in [0.5, 0.6) is 11.5 Å². The molecule has 0 aliphatic rings. The van der Waals surface area contributed by atoms with Gasteiger partial charge in [-0.3, -0.25) is 0 Å². The summed E-state index contributed by atoms with van der Waals surface area (Å²) >= 11 is 5.45. The van der Waals surface area contributed by atoms with Gasteiger partial charge in [-0.2, -0.15) is 11.8 Å². The van der Waals surface area contributed by atoms with E-state index in [-0.39, 0.29) is 0 Å². The van der Waals surface area contributed by atoms with Crippen LogP contribution in [-0.2, 0) is 6.54 Å². The van der Waals surface area contributed by atoms with E-state index >= 15 is 0 Å². The van der Waals surface area contributed by atoms with E-state index in [2.05, 4.69) is 22.9 Å². The number of halogens is 1. The molecule has 0 atom stereocenters. The summed E-state index contributed by atoms with van der Waals surface area (Å²) in [5.74, 6) is 3.82. The van der Waals surface area contributed by atoms with Gasteiger partial charge in [0.2, 0.25) is 0 Å². The van der Waals surface area contributed by atoms with Crippen LogP contribution in [-0.4, -0.2) is 24.7 Å². The molecule has 0 amide bonds. The molecule has 1 aromatic rings. The minimum atomic E-state index is 0.492. The van der Waals surface area contributed by atoms with E-state index in [4.69, 9.17) is 15.2 Å². The van der Waals surface area contributed by atoms with Crippen molar-refractivity contribution < 1.29 is 9.47 Å². The molecule has 108 valence electrons. The molecule has 0 aliphatic carbocycles. The second kappa shape index (κ2) is 9.50. The lowest BCUT2D eigenvalue weighted by molar-refractivity contribution is 0.276.